The van der Waals surface area contributed by atoms with E-state index in [2.05, 4.69) is 12.0 Å². The van der Waals surface area contributed by atoms with Gasteiger partial charge in [0.05, 0.1) is 17.2 Å². The van der Waals surface area contributed by atoms with E-state index < -0.39 is 5.97 Å². The van der Waals surface area contributed by atoms with Crippen LogP contribution < -0.4 is 0 Å². The molecule has 6 nitrogen and oxygen atoms in total. The molecule has 1 aliphatic heterocycles. The summed E-state index contributed by atoms with van der Waals surface area (Å²) in [5.41, 5.74) is 1.39. The van der Waals surface area contributed by atoms with Crippen molar-refractivity contribution in [1.82, 2.24) is 14.7 Å². The molecule has 0 unspecified atom stereocenters. The van der Waals surface area contributed by atoms with E-state index in [-0.39, 0.29) is 11.8 Å². The van der Waals surface area contributed by atoms with E-state index in [0.29, 0.717) is 31.5 Å². The summed E-state index contributed by atoms with van der Waals surface area (Å²) in [6.07, 6.45) is 5.01. The van der Waals surface area contributed by atoms with Gasteiger partial charge in [-0.05, 0) is 26.2 Å². The standard InChI is InChI=1S/C15H23N3O3/c1-3-4-7-18-10-13(11(2)16-18)14(19)17-8-5-12(6-9-17)15(20)21/h10,12H,3-9H2,1-2H3,(H,20,21). The normalized spacial score (nSPS) is 16.2. The van der Waals surface area contributed by atoms with Gasteiger partial charge < -0.3 is 10.0 Å². The average Bonchev–Trinajstić information content (AvgIpc) is 2.85. The fourth-order valence-corrected chi connectivity index (χ4v) is 2.66. The van der Waals surface area contributed by atoms with Gasteiger partial charge in [-0.1, -0.05) is 13.3 Å². The second kappa shape index (κ2) is 6.74. The van der Waals surface area contributed by atoms with Gasteiger partial charge in [0.1, 0.15) is 0 Å². The fourth-order valence-electron chi connectivity index (χ4n) is 2.66. The van der Waals surface area contributed by atoms with Crippen LogP contribution in [-0.2, 0) is 11.3 Å². The van der Waals surface area contributed by atoms with Crippen LogP contribution in [0.15, 0.2) is 6.20 Å². The lowest BCUT2D eigenvalue weighted by atomic mass is 9.96. The Labute approximate surface area is 124 Å². The molecule has 1 N–H and O–H groups in total. The first-order valence-corrected chi connectivity index (χ1v) is 7.59. The van der Waals surface area contributed by atoms with E-state index in [1.807, 2.05) is 17.8 Å². The Morgan fingerprint density at radius 3 is 2.62 bits per heavy atom. The van der Waals surface area contributed by atoms with E-state index in [1.54, 1.807) is 4.90 Å². The first-order chi connectivity index (χ1) is 10.0. The van der Waals surface area contributed by atoms with Crippen LogP contribution in [-0.4, -0.2) is 44.8 Å². The van der Waals surface area contributed by atoms with Crippen LogP contribution in [0, 0.1) is 12.8 Å². The second-order valence-corrected chi connectivity index (χ2v) is 5.65. The molecule has 0 saturated carbocycles. The molecule has 0 aliphatic carbocycles. The molecule has 116 valence electrons. The maximum absolute atomic E-state index is 12.5. The predicted octanol–water partition coefficient (Wildman–Crippen LogP) is 1.93. The van der Waals surface area contributed by atoms with Gasteiger partial charge in [0.25, 0.3) is 5.91 Å². The topological polar surface area (TPSA) is 75.4 Å². The van der Waals surface area contributed by atoms with Gasteiger partial charge in [0, 0.05) is 25.8 Å². The van der Waals surface area contributed by atoms with Crippen molar-refractivity contribution in [2.24, 2.45) is 5.92 Å². The molecule has 0 aromatic carbocycles. The van der Waals surface area contributed by atoms with Gasteiger partial charge in [-0.3, -0.25) is 14.3 Å². The summed E-state index contributed by atoms with van der Waals surface area (Å²) >= 11 is 0. The van der Waals surface area contributed by atoms with Crippen LogP contribution in [0.1, 0.15) is 48.7 Å². The number of hydrogen-bond donors (Lipinski definition) is 1. The predicted molar refractivity (Wildman–Crippen MR) is 78.1 cm³/mol. The Kier molecular flexibility index (Phi) is 4.98. The highest BCUT2D eigenvalue weighted by atomic mass is 16.4. The molecule has 0 bridgehead atoms. The lowest BCUT2D eigenvalue weighted by molar-refractivity contribution is -0.143. The number of rotatable bonds is 5. The number of nitrogens with zero attached hydrogens (tertiary/aromatic N) is 3. The summed E-state index contributed by atoms with van der Waals surface area (Å²) < 4.78 is 1.83. The molecular formula is C15H23N3O3. The van der Waals surface area contributed by atoms with Crippen molar-refractivity contribution in [1.29, 1.82) is 0 Å². The number of carboxylic acid groups (broad SMARTS) is 1. The summed E-state index contributed by atoms with van der Waals surface area (Å²) in [7, 11) is 0. The number of carboxylic acids is 1. The van der Waals surface area contributed by atoms with Crippen molar-refractivity contribution in [3.63, 3.8) is 0 Å². The van der Waals surface area contributed by atoms with Crippen LogP contribution in [0.2, 0.25) is 0 Å². The quantitative estimate of drug-likeness (QED) is 0.900. The van der Waals surface area contributed by atoms with Gasteiger partial charge in [-0.15, -0.1) is 0 Å². The second-order valence-electron chi connectivity index (χ2n) is 5.65. The van der Waals surface area contributed by atoms with E-state index in [9.17, 15) is 9.59 Å². The van der Waals surface area contributed by atoms with E-state index in [0.717, 1.165) is 25.1 Å². The van der Waals surface area contributed by atoms with Gasteiger partial charge in [0.15, 0.2) is 0 Å². The number of carbonyl (C=O) groups is 2. The SMILES string of the molecule is CCCCn1cc(C(=O)N2CCC(C(=O)O)CC2)c(C)n1. The van der Waals surface area contributed by atoms with Gasteiger partial charge in [-0.2, -0.15) is 5.10 Å². The Balaban J connectivity index is 2.00. The number of aliphatic carboxylic acids is 1. The molecule has 1 aromatic heterocycles. The van der Waals surface area contributed by atoms with Crippen LogP contribution in [0.3, 0.4) is 0 Å². The highest BCUT2D eigenvalue weighted by Crippen LogP contribution is 2.20. The fraction of sp³-hybridized carbons (Fsp3) is 0.667. The first kappa shape index (κ1) is 15.5. The Hall–Kier alpha value is -1.85. The number of piperidine rings is 1. The minimum absolute atomic E-state index is 0.0286. The zero-order valence-electron chi connectivity index (χ0n) is 12.7. The van der Waals surface area contributed by atoms with Gasteiger partial charge >= 0.3 is 5.97 Å². The monoisotopic (exact) mass is 293 g/mol. The molecule has 1 aliphatic rings. The summed E-state index contributed by atoms with van der Waals surface area (Å²) in [5.74, 6) is -1.10. The minimum Gasteiger partial charge on any atom is -0.481 e. The van der Waals surface area contributed by atoms with Crippen molar-refractivity contribution in [3.05, 3.63) is 17.5 Å². The van der Waals surface area contributed by atoms with Crippen molar-refractivity contribution in [2.45, 2.75) is 46.1 Å². The zero-order chi connectivity index (χ0) is 15.4. The molecule has 1 aromatic rings. The number of aromatic nitrogens is 2. The number of hydrogen-bond acceptors (Lipinski definition) is 3. The van der Waals surface area contributed by atoms with Gasteiger partial charge in [0.2, 0.25) is 0 Å². The van der Waals surface area contributed by atoms with Crippen LogP contribution >= 0.6 is 0 Å². The molecule has 1 saturated heterocycles. The smallest absolute Gasteiger partial charge is 0.306 e. The van der Waals surface area contributed by atoms with Gasteiger partial charge in [-0.25, -0.2) is 0 Å². The van der Waals surface area contributed by atoms with E-state index in [4.69, 9.17) is 5.11 Å². The Morgan fingerprint density at radius 2 is 2.05 bits per heavy atom. The van der Waals surface area contributed by atoms with Crippen LogP contribution in [0.25, 0.3) is 0 Å². The molecule has 2 rings (SSSR count). The third-order valence-corrected chi connectivity index (χ3v) is 4.05. The summed E-state index contributed by atoms with van der Waals surface area (Å²) in [6, 6.07) is 0. The van der Waals surface area contributed by atoms with Crippen molar-refractivity contribution in [3.8, 4) is 0 Å². The molecule has 1 amide bonds. The maximum atomic E-state index is 12.5. The van der Waals surface area contributed by atoms with Crippen molar-refractivity contribution < 1.29 is 14.7 Å². The molecular weight excluding hydrogens is 270 g/mol. The summed E-state index contributed by atoms with van der Waals surface area (Å²) in [5, 5.41) is 13.4. The molecule has 0 radical (unpaired) electrons. The lowest BCUT2D eigenvalue weighted by Crippen LogP contribution is -2.40. The van der Waals surface area contributed by atoms with Crippen molar-refractivity contribution >= 4 is 11.9 Å². The maximum Gasteiger partial charge on any atom is 0.306 e. The molecule has 6 heteroatoms. The van der Waals surface area contributed by atoms with Crippen LogP contribution in [0.5, 0.6) is 0 Å². The first-order valence-electron chi connectivity index (χ1n) is 7.59. The van der Waals surface area contributed by atoms with E-state index >= 15 is 0 Å². The van der Waals surface area contributed by atoms with E-state index in [1.165, 1.54) is 0 Å². The Bertz CT molecular complexity index is 516. The molecule has 0 atom stereocenters. The highest BCUT2D eigenvalue weighted by Gasteiger charge is 2.28. The Morgan fingerprint density at radius 1 is 1.38 bits per heavy atom. The largest absolute Gasteiger partial charge is 0.481 e. The number of unbranched alkanes of at least 4 members (excludes halogenated alkanes) is 1. The lowest BCUT2D eigenvalue weighted by Gasteiger charge is -2.29. The van der Waals surface area contributed by atoms with Crippen LogP contribution in [0.4, 0.5) is 0 Å². The summed E-state index contributed by atoms with van der Waals surface area (Å²) in [6.45, 7) is 5.81. The number of likely N-dealkylation sites (tertiary alicyclic amines) is 1. The third-order valence-electron chi connectivity index (χ3n) is 4.05. The summed E-state index contributed by atoms with van der Waals surface area (Å²) in [4.78, 5) is 25.2. The molecule has 2 heterocycles. The van der Waals surface area contributed by atoms with Crippen molar-refractivity contribution in [2.75, 3.05) is 13.1 Å². The number of carbonyl (C=O) groups excluding carboxylic acids is 1. The number of amides is 1. The molecule has 0 spiro atoms. The highest BCUT2D eigenvalue weighted by molar-refractivity contribution is 5.95. The molecule has 21 heavy (non-hydrogen) atoms. The number of aryl methyl sites for hydroxylation is 2. The minimum atomic E-state index is -0.759. The zero-order valence-corrected chi connectivity index (χ0v) is 12.7. The molecule has 1 fully saturated rings. The third kappa shape index (κ3) is 3.62. The average molecular weight is 293 g/mol.